The maximum Gasteiger partial charge on any atom is 0.245 e. The molecular weight excluding hydrogens is 306 g/mol. The average molecular weight is 323 g/mol. The molecule has 0 fully saturated rings. The molecule has 0 radical (unpaired) electrons. The maximum atomic E-state index is 12.6. The monoisotopic (exact) mass is 323 g/mol. The SMILES string of the molecule is O=C(NCCc1cnccn1)[C@H](Cc1ccccc1)n1cnnn1. The molecule has 1 aromatic carbocycles. The van der Waals surface area contributed by atoms with Crippen LogP contribution in [0.25, 0.3) is 0 Å². The lowest BCUT2D eigenvalue weighted by Crippen LogP contribution is -2.35. The molecule has 0 spiro atoms. The minimum Gasteiger partial charge on any atom is -0.354 e. The summed E-state index contributed by atoms with van der Waals surface area (Å²) in [4.78, 5) is 20.8. The molecule has 1 atom stereocenters. The van der Waals surface area contributed by atoms with Gasteiger partial charge in [-0.1, -0.05) is 30.3 Å². The lowest BCUT2D eigenvalue weighted by atomic mass is 10.1. The van der Waals surface area contributed by atoms with Crippen molar-refractivity contribution >= 4 is 5.91 Å². The molecule has 2 aromatic heterocycles. The van der Waals surface area contributed by atoms with Gasteiger partial charge in [0, 0.05) is 38.0 Å². The molecule has 0 unspecified atom stereocenters. The summed E-state index contributed by atoms with van der Waals surface area (Å²) in [5.74, 6) is -0.130. The molecule has 0 bridgehead atoms. The van der Waals surface area contributed by atoms with Gasteiger partial charge in [-0.3, -0.25) is 14.8 Å². The van der Waals surface area contributed by atoms with E-state index in [9.17, 15) is 4.79 Å². The minimum absolute atomic E-state index is 0.130. The first kappa shape index (κ1) is 15.7. The van der Waals surface area contributed by atoms with Crippen molar-refractivity contribution in [2.45, 2.75) is 18.9 Å². The predicted octanol–water partition coefficient (Wildman–Crippen LogP) is 0.606. The fraction of sp³-hybridized carbons (Fsp3) is 0.250. The summed E-state index contributed by atoms with van der Waals surface area (Å²) in [5, 5.41) is 14.0. The Morgan fingerprint density at radius 2 is 2.08 bits per heavy atom. The van der Waals surface area contributed by atoms with Gasteiger partial charge in [-0.15, -0.1) is 5.10 Å². The average Bonchev–Trinajstić information content (AvgIpc) is 3.16. The zero-order chi connectivity index (χ0) is 16.6. The van der Waals surface area contributed by atoms with Crippen LogP contribution in [0, 0.1) is 0 Å². The van der Waals surface area contributed by atoms with E-state index in [4.69, 9.17) is 0 Å². The molecule has 3 rings (SSSR count). The third-order valence-electron chi connectivity index (χ3n) is 3.56. The van der Waals surface area contributed by atoms with Crippen molar-refractivity contribution < 1.29 is 4.79 Å². The highest BCUT2D eigenvalue weighted by molar-refractivity contribution is 5.80. The quantitative estimate of drug-likeness (QED) is 0.684. The first-order valence-corrected chi connectivity index (χ1v) is 7.62. The molecule has 3 aromatic rings. The number of tetrazole rings is 1. The third-order valence-corrected chi connectivity index (χ3v) is 3.56. The molecule has 0 saturated carbocycles. The van der Waals surface area contributed by atoms with E-state index in [2.05, 4.69) is 30.8 Å². The number of carbonyl (C=O) groups excluding carboxylic acids is 1. The van der Waals surface area contributed by atoms with Crippen LogP contribution in [0.1, 0.15) is 17.3 Å². The van der Waals surface area contributed by atoms with Gasteiger partial charge < -0.3 is 5.32 Å². The lowest BCUT2D eigenvalue weighted by Gasteiger charge is -2.16. The molecule has 8 nitrogen and oxygen atoms in total. The minimum atomic E-state index is -0.496. The first-order valence-electron chi connectivity index (χ1n) is 7.62. The molecule has 1 N–H and O–H groups in total. The van der Waals surface area contributed by atoms with Crippen molar-refractivity contribution in [2.75, 3.05) is 6.54 Å². The van der Waals surface area contributed by atoms with E-state index in [1.54, 1.807) is 18.6 Å². The number of rotatable bonds is 7. The molecule has 0 saturated heterocycles. The second-order valence-electron chi connectivity index (χ2n) is 5.23. The molecule has 8 heteroatoms. The predicted molar refractivity (Wildman–Crippen MR) is 85.7 cm³/mol. The van der Waals surface area contributed by atoms with Crippen LogP contribution in [0.15, 0.2) is 55.2 Å². The van der Waals surface area contributed by atoms with E-state index >= 15 is 0 Å². The number of carbonyl (C=O) groups is 1. The van der Waals surface area contributed by atoms with Crippen molar-refractivity contribution in [3.63, 3.8) is 0 Å². The molecule has 0 aliphatic rings. The molecule has 0 aliphatic carbocycles. The number of hydrogen-bond acceptors (Lipinski definition) is 6. The van der Waals surface area contributed by atoms with Gasteiger partial charge >= 0.3 is 0 Å². The van der Waals surface area contributed by atoms with Gasteiger partial charge in [0.2, 0.25) is 5.91 Å². The van der Waals surface area contributed by atoms with Gasteiger partial charge in [-0.2, -0.15) is 0 Å². The van der Waals surface area contributed by atoms with E-state index in [1.807, 2.05) is 30.3 Å². The van der Waals surface area contributed by atoms with Gasteiger partial charge in [0.1, 0.15) is 12.4 Å². The van der Waals surface area contributed by atoms with Crippen LogP contribution >= 0.6 is 0 Å². The smallest absolute Gasteiger partial charge is 0.245 e. The summed E-state index contributed by atoms with van der Waals surface area (Å²) in [6.45, 7) is 0.477. The maximum absolute atomic E-state index is 12.6. The molecular formula is C16H17N7O. The van der Waals surface area contributed by atoms with Crippen LogP contribution < -0.4 is 5.32 Å². The summed E-state index contributed by atoms with van der Waals surface area (Å²) in [6.07, 6.45) is 7.53. The molecule has 1 amide bonds. The summed E-state index contributed by atoms with van der Waals surface area (Å²) in [5.41, 5.74) is 1.88. The number of nitrogens with zero attached hydrogens (tertiary/aromatic N) is 6. The van der Waals surface area contributed by atoms with Crippen molar-refractivity contribution in [3.05, 3.63) is 66.5 Å². The molecule has 122 valence electrons. The van der Waals surface area contributed by atoms with Gasteiger partial charge in [0.25, 0.3) is 0 Å². The van der Waals surface area contributed by atoms with Crippen molar-refractivity contribution in [3.8, 4) is 0 Å². The number of aromatic nitrogens is 6. The Kier molecular flexibility index (Phi) is 5.18. The summed E-state index contributed by atoms with van der Waals surface area (Å²) in [6, 6.07) is 9.28. The fourth-order valence-corrected chi connectivity index (χ4v) is 2.35. The largest absolute Gasteiger partial charge is 0.354 e. The molecule has 24 heavy (non-hydrogen) atoms. The van der Waals surface area contributed by atoms with Crippen LogP contribution in [0.3, 0.4) is 0 Å². The Balaban J connectivity index is 1.63. The van der Waals surface area contributed by atoms with E-state index in [0.717, 1.165) is 11.3 Å². The molecule has 0 aliphatic heterocycles. The highest BCUT2D eigenvalue weighted by atomic mass is 16.2. The first-order chi connectivity index (χ1) is 11.8. The van der Waals surface area contributed by atoms with Crippen LogP contribution in [-0.4, -0.2) is 42.6 Å². The summed E-state index contributed by atoms with van der Waals surface area (Å²) < 4.78 is 1.48. The van der Waals surface area contributed by atoms with Crippen LogP contribution in [-0.2, 0) is 17.6 Å². The van der Waals surface area contributed by atoms with E-state index in [1.165, 1.54) is 11.0 Å². The highest BCUT2D eigenvalue weighted by Crippen LogP contribution is 2.13. The molecule has 2 heterocycles. The van der Waals surface area contributed by atoms with Crippen molar-refractivity contribution in [1.29, 1.82) is 0 Å². The Morgan fingerprint density at radius 1 is 1.21 bits per heavy atom. The Bertz CT molecular complexity index is 747. The second-order valence-corrected chi connectivity index (χ2v) is 5.23. The van der Waals surface area contributed by atoms with Crippen LogP contribution in [0.4, 0.5) is 0 Å². The fourth-order valence-electron chi connectivity index (χ4n) is 2.35. The van der Waals surface area contributed by atoms with E-state index in [0.29, 0.717) is 19.4 Å². The van der Waals surface area contributed by atoms with Crippen molar-refractivity contribution in [2.24, 2.45) is 0 Å². The van der Waals surface area contributed by atoms with Gasteiger partial charge in [0.15, 0.2) is 0 Å². The number of hydrogen-bond donors (Lipinski definition) is 1. The Morgan fingerprint density at radius 3 is 2.79 bits per heavy atom. The van der Waals surface area contributed by atoms with Gasteiger partial charge in [-0.05, 0) is 16.0 Å². The number of benzene rings is 1. The van der Waals surface area contributed by atoms with E-state index in [-0.39, 0.29) is 5.91 Å². The normalized spacial score (nSPS) is 11.8. The topological polar surface area (TPSA) is 98.5 Å². The summed E-state index contributed by atoms with van der Waals surface area (Å²) in [7, 11) is 0. The van der Waals surface area contributed by atoms with Gasteiger partial charge in [0.05, 0.1) is 5.69 Å². The standard InChI is InChI=1S/C16H17N7O/c24-16(19-7-6-14-11-17-8-9-18-14)15(23-12-20-21-22-23)10-13-4-2-1-3-5-13/h1-5,8-9,11-12,15H,6-7,10H2,(H,19,24)/t15-/m0/s1. The zero-order valence-corrected chi connectivity index (χ0v) is 13.0. The lowest BCUT2D eigenvalue weighted by molar-refractivity contribution is -0.124. The highest BCUT2D eigenvalue weighted by Gasteiger charge is 2.21. The van der Waals surface area contributed by atoms with Crippen molar-refractivity contribution in [1.82, 2.24) is 35.5 Å². The summed E-state index contributed by atoms with van der Waals surface area (Å²) >= 11 is 0. The Hall–Kier alpha value is -3.16. The van der Waals surface area contributed by atoms with E-state index < -0.39 is 6.04 Å². The zero-order valence-electron chi connectivity index (χ0n) is 13.0. The second kappa shape index (κ2) is 7.91. The number of amides is 1. The van der Waals surface area contributed by atoms with Crippen LogP contribution in [0.2, 0.25) is 0 Å². The number of nitrogens with one attached hydrogen (secondary N) is 1. The van der Waals surface area contributed by atoms with Gasteiger partial charge in [-0.25, -0.2) is 4.68 Å². The Labute approximate surface area is 139 Å². The van der Waals surface area contributed by atoms with Crippen LogP contribution in [0.5, 0.6) is 0 Å². The third kappa shape index (κ3) is 4.19.